The lowest BCUT2D eigenvalue weighted by molar-refractivity contribution is -0.243. The third-order valence-corrected chi connectivity index (χ3v) is 6.69. The minimum absolute atomic E-state index is 0.0594. The van der Waals surface area contributed by atoms with E-state index in [-0.39, 0.29) is 33.0 Å². The second-order valence-corrected chi connectivity index (χ2v) is 9.52. The zero-order chi connectivity index (χ0) is 28.2. The van der Waals surface area contributed by atoms with Gasteiger partial charge in [0.15, 0.2) is 0 Å². The van der Waals surface area contributed by atoms with Crippen molar-refractivity contribution in [3.8, 4) is 0 Å². The Labute approximate surface area is 221 Å². The predicted molar refractivity (Wildman–Crippen MR) is 127 cm³/mol. The number of rotatable bonds is 17. The summed E-state index contributed by atoms with van der Waals surface area (Å²) in [5.74, 6) is -3.78. The Morgan fingerprint density at radius 1 is 0.605 bits per heavy atom. The van der Waals surface area contributed by atoms with E-state index in [1.165, 1.54) is 0 Å². The van der Waals surface area contributed by atoms with Crippen LogP contribution in [0.25, 0.3) is 0 Å². The first kappa shape index (κ1) is 32.8. The number of aliphatic hydroxyl groups excluding tert-OH is 4. The predicted octanol–water partition coefficient (Wildman–Crippen LogP) is -1.75. The Bertz CT molecular complexity index is 708. The van der Waals surface area contributed by atoms with Gasteiger partial charge in [0.05, 0.1) is 63.6 Å². The van der Waals surface area contributed by atoms with Crippen LogP contribution < -0.4 is 0 Å². The summed E-state index contributed by atoms with van der Waals surface area (Å²) in [5.41, 5.74) is 0. The Hall–Kier alpha value is -1.46. The summed E-state index contributed by atoms with van der Waals surface area (Å²) in [6.07, 6.45) is -7.08. The highest BCUT2D eigenvalue weighted by molar-refractivity contribution is 5.68. The summed E-state index contributed by atoms with van der Waals surface area (Å²) in [6.45, 7) is 2.30. The average Bonchev–Trinajstić information content (AvgIpc) is 2.86. The summed E-state index contributed by atoms with van der Waals surface area (Å²) >= 11 is 0. The Morgan fingerprint density at radius 2 is 1.05 bits per heavy atom. The van der Waals surface area contributed by atoms with Crippen LogP contribution in [0, 0.1) is 11.8 Å². The molecule has 2 heterocycles. The lowest BCUT2D eigenvalue weighted by atomic mass is 9.86. The molecule has 10 unspecified atom stereocenters. The van der Waals surface area contributed by atoms with Gasteiger partial charge in [-0.1, -0.05) is 13.3 Å². The normalized spacial score (nSPS) is 35.7. The van der Waals surface area contributed by atoms with Gasteiger partial charge in [0, 0.05) is 18.4 Å². The highest BCUT2D eigenvalue weighted by atomic mass is 16.6. The first-order valence-electron chi connectivity index (χ1n) is 12.9. The number of aliphatic carboxylic acids is 2. The van der Waals surface area contributed by atoms with Crippen molar-refractivity contribution in [3.05, 3.63) is 0 Å². The van der Waals surface area contributed by atoms with E-state index in [9.17, 15) is 30.0 Å². The molecule has 0 aromatic heterocycles. The maximum atomic E-state index is 10.8. The van der Waals surface area contributed by atoms with Gasteiger partial charge in [-0.15, -0.1) is 0 Å². The number of carboxylic acids is 2. The molecule has 2 saturated heterocycles. The first-order chi connectivity index (χ1) is 18.1. The molecule has 2 aliphatic rings. The van der Waals surface area contributed by atoms with Gasteiger partial charge in [0.2, 0.25) is 0 Å². The molecule has 2 rings (SSSR count). The molecule has 0 radical (unpaired) electrons. The number of carboxylic acid groups (broad SMARTS) is 2. The summed E-state index contributed by atoms with van der Waals surface area (Å²) in [7, 11) is 0. The molecule has 0 aromatic carbocycles. The topological polar surface area (TPSA) is 211 Å². The summed E-state index contributed by atoms with van der Waals surface area (Å²) in [4.78, 5) is 21.6. The largest absolute Gasteiger partial charge is 0.480 e. The maximum Gasteiger partial charge on any atom is 0.329 e. The van der Waals surface area contributed by atoms with Gasteiger partial charge in [-0.25, -0.2) is 9.59 Å². The van der Waals surface area contributed by atoms with Crippen molar-refractivity contribution in [3.63, 3.8) is 0 Å². The SMILES string of the molecule is CCCC1OC(COCC(=O)O)C(COCC2OC(COCC(=O)O)C(COCC)C(O)C2O)C(O)C1O. The van der Waals surface area contributed by atoms with Gasteiger partial charge in [0.25, 0.3) is 0 Å². The molecule has 10 atom stereocenters. The molecule has 222 valence electrons. The van der Waals surface area contributed by atoms with Crippen molar-refractivity contribution in [2.24, 2.45) is 11.8 Å². The summed E-state index contributed by atoms with van der Waals surface area (Å²) in [6, 6.07) is 0. The third kappa shape index (κ3) is 9.62. The molecule has 0 bridgehead atoms. The number of hydrogen-bond acceptors (Lipinski definition) is 12. The van der Waals surface area contributed by atoms with Crippen molar-refractivity contribution >= 4 is 11.9 Å². The van der Waals surface area contributed by atoms with E-state index in [1.54, 1.807) is 6.92 Å². The molecule has 38 heavy (non-hydrogen) atoms. The fourth-order valence-corrected chi connectivity index (χ4v) is 4.70. The van der Waals surface area contributed by atoms with Gasteiger partial charge < -0.3 is 59.1 Å². The van der Waals surface area contributed by atoms with Gasteiger partial charge >= 0.3 is 11.9 Å². The van der Waals surface area contributed by atoms with Gasteiger partial charge in [-0.3, -0.25) is 0 Å². The molecular weight excluding hydrogens is 512 g/mol. The van der Waals surface area contributed by atoms with Crippen LogP contribution in [0.3, 0.4) is 0 Å². The van der Waals surface area contributed by atoms with Gasteiger partial charge in [-0.05, 0) is 13.3 Å². The Kier molecular flexibility index (Phi) is 14.3. The monoisotopic (exact) mass is 554 g/mol. The number of carbonyl (C=O) groups is 2. The molecule has 2 aliphatic heterocycles. The molecule has 0 saturated carbocycles. The van der Waals surface area contributed by atoms with Crippen LogP contribution in [0.4, 0.5) is 0 Å². The van der Waals surface area contributed by atoms with Crippen molar-refractivity contribution in [2.45, 2.75) is 75.5 Å². The molecule has 2 fully saturated rings. The van der Waals surface area contributed by atoms with E-state index in [4.69, 9.17) is 38.6 Å². The van der Waals surface area contributed by atoms with Gasteiger partial charge in [-0.2, -0.15) is 0 Å². The van der Waals surface area contributed by atoms with E-state index in [0.29, 0.717) is 19.4 Å². The van der Waals surface area contributed by atoms with Crippen molar-refractivity contribution in [1.29, 1.82) is 0 Å². The summed E-state index contributed by atoms with van der Waals surface area (Å²) < 4.78 is 33.2. The molecule has 14 nitrogen and oxygen atoms in total. The Morgan fingerprint density at radius 3 is 1.53 bits per heavy atom. The Balaban J connectivity index is 2.02. The molecule has 14 heteroatoms. The molecule has 0 aromatic rings. The van der Waals surface area contributed by atoms with Crippen molar-refractivity contribution in [1.82, 2.24) is 0 Å². The standard InChI is InChI=1S/C24H42O14/c1-3-5-15-23(31)21(29)14(16(37-15)8-35-11-19(25)26)7-34-10-18-24(32)22(30)13(6-33-4-2)17(38-18)9-36-12-20(27)28/h13-18,21-24,29-32H,3-12H2,1-2H3,(H,25,26)(H,27,28). The second-order valence-electron chi connectivity index (χ2n) is 9.52. The highest BCUT2D eigenvalue weighted by Crippen LogP contribution is 2.31. The van der Waals surface area contributed by atoms with Crippen LogP contribution in [0.5, 0.6) is 0 Å². The van der Waals surface area contributed by atoms with Gasteiger partial charge in [0.1, 0.15) is 31.5 Å². The highest BCUT2D eigenvalue weighted by Gasteiger charge is 2.46. The van der Waals surface area contributed by atoms with E-state index < -0.39 is 85.8 Å². The minimum Gasteiger partial charge on any atom is -0.480 e. The minimum atomic E-state index is -1.35. The zero-order valence-electron chi connectivity index (χ0n) is 21.8. The first-order valence-corrected chi connectivity index (χ1v) is 12.9. The molecule has 0 spiro atoms. The quantitative estimate of drug-likeness (QED) is 0.118. The van der Waals surface area contributed by atoms with Crippen molar-refractivity contribution in [2.75, 3.05) is 52.9 Å². The zero-order valence-corrected chi connectivity index (χ0v) is 21.8. The van der Waals surface area contributed by atoms with E-state index in [1.807, 2.05) is 6.92 Å². The number of hydrogen-bond donors (Lipinski definition) is 6. The fraction of sp³-hybridized carbons (Fsp3) is 0.917. The average molecular weight is 555 g/mol. The summed E-state index contributed by atoms with van der Waals surface area (Å²) in [5, 5.41) is 60.3. The molecule has 0 aliphatic carbocycles. The lowest BCUT2D eigenvalue weighted by Gasteiger charge is -2.44. The van der Waals surface area contributed by atoms with Crippen LogP contribution in [0.2, 0.25) is 0 Å². The molecule has 6 N–H and O–H groups in total. The van der Waals surface area contributed by atoms with Crippen LogP contribution in [-0.4, -0.2) is 144 Å². The lowest BCUT2D eigenvalue weighted by Crippen LogP contribution is -2.59. The van der Waals surface area contributed by atoms with Crippen molar-refractivity contribution < 1.29 is 68.6 Å². The third-order valence-electron chi connectivity index (χ3n) is 6.69. The van der Waals surface area contributed by atoms with Crippen LogP contribution in [0.15, 0.2) is 0 Å². The number of aliphatic hydroxyl groups is 4. The van der Waals surface area contributed by atoms with E-state index in [2.05, 4.69) is 0 Å². The molecular formula is C24H42O14. The van der Waals surface area contributed by atoms with Crippen LogP contribution in [-0.2, 0) is 38.0 Å². The van der Waals surface area contributed by atoms with E-state index in [0.717, 1.165) is 0 Å². The fourth-order valence-electron chi connectivity index (χ4n) is 4.70. The second kappa shape index (κ2) is 16.6. The molecule has 0 amide bonds. The van der Waals surface area contributed by atoms with E-state index >= 15 is 0 Å². The number of ether oxygens (including phenoxy) is 6. The smallest absolute Gasteiger partial charge is 0.329 e. The van der Waals surface area contributed by atoms with Crippen LogP contribution >= 0.6 is 0 Å². The van der Waals surface area contributed by atoms with Crippen LogP contribution in [0.1, 0.15) is 26.7 Å². The maximum absolute atomic E-state index is 10.8.